The lowest BCUT2D eigenvalue weighted by atomic mass is 9.99. The lowest BCUT2D eigenvalue weighted by Crippen LogP contribution is -2.55. The number of anilines is 1. The van der Waals surface area contributed by atoms with Gasteiger partial charge >= 0.3 is 6.09 Å². The van der Waals surface area contributed by atoms with E-state index < -0.39 is 6.04 Å². The third kappa shape index (κ3) is 4.52. The minimum Gasteiger partial charge on any atom is -0.462 e. The third-order valence-electron chi connectivity index (χ3n) is 6.35. The van der Waals surface area contributed by atoms with Crippen LogP contribution in [0.4, 0.5) is 10.5 Å². The van der Waals surface area contributed by atoms with Gasteiger partial charge in [0.25, 0.3) is 0 Å². The van der Waals surface area contributed by atoms with Gasteiger partial charge < -0.3 is 19.5 Å². The van der Waals surface area contributed by atoms with Crippen LogP contribution in [0.3, 0.4) is 0 Å². The average molecular weight is 450 g/mol. The fourth-order valence-corrected chi connectivity index (χ4v) is 4.68. The van der Waals surface area contributed by atoms with E-state index in [0.29, 0.717) is 32.0 Å². The number of carbonyl (C=O) groups is 2. The number of hydrogen-bond acceptors (Lipinski definition) is 6. The molecule has 2 amide bonds. The van der Waals surface area contributed by atoms with Crippen molar-refractivity contribution in [3.05, 3.63) is 77.7 Å². The van der Waals surface area contributed by atoms with Gasteiger partial charge in [0, 0.05) is 31.2 Å². The molecule has 1 fully saturated rings. The van der Waals surface area contributed by atoms with Crippen LogP contribution in [-0.2, 0) is 32.2 Å². The van der Waals surface area contributed by atoms with Crippen LogP contribution in [0, 0.1) is 0 Å². The molecule has 3 heterocycles. The molecular weight excluding hydrogens is 422 g/mol. The molecule has 1 saturated heterocycles. The normalized spacial score (nSPS) is 19.6. The lowest BCUT2D eigenvalue weighted by Gasteiger charge is -2.41. The molecule has 8 heteroatoms. The maximum absolute atomic E-state index is 13.2. The summed E-state index contributed by atoms with van der Waals surface area (Å²) in [6.45, 7) is 2.14. The zero-order valence-corrected chi connectivity index (χ0v) is 18.3. The van der Waals surface area contributed by atoms with Gasteiger partial charge in [0.15, 0.2) is 11.8 Å². The molecule has 0 spiro atoms. The van der Waals surface area contributed by atoms with E-state index in [4.69, 9.17) is 14.2 Å². The molecule has 0 bridgehead atoms. The van der Waals surface area contributed by atoms with E-state index in [-0.39, 0.29) is 24.8 Å². The zero-order valence-electron chi connectivity index (χ0n) is 18.3. The van der Waals surface area contributed by atoms with Crippen LogP contribution >= 0.6 is 0 Å². The summed E-state index contributed by atoms with van der Waals surface area (Å²) in [4.78, 5) is 29.6. The maximum Gasteiger partial charge on any atom is 0.414 e. The van der Waals surface area contributed by atoms with Gasteiger partial charge in [0.05, 0.1) is 5.69 Å². The molecule has 1 N–H and O–H groups in total. The van der Waals surface area contributed by atoms with E-state index in [0.717, 1.165) is 29.7 Å². The number of para-hydroxylation sites is 1. The van der Waals surface area contributed by atoms with Crippen LogP contribution in [0.1, 0.15) is 24.0 Å². The molecule has 0 aliphatic carbocycles. The highest BCUT2D eigenvalue weighted by Crippen LogP contribution is 2.32. The van der Waals surface area contributed by atoms with E-state index in [2.05, 4.69) is 10.2 Å². The molecule has 0 aromatic heterocycles. The van der Waals surface area contributed by atoms with Crippen LogP contribution < -0.4 is 10.2 Å². The number of likely N-dealkylation sites (tertiary alicyclic amines) is 1. The zero-order chi connectivity index (χ0) is 22.6. The highest BCUT2D eigenvalue weighted by molar-refractivity contribution is 5.91. The molecule has 8 nitrogen and oxygen atoms in total. The number of ether oxygens (including phenoxy) is 3. The van der Waals surface area contributed by atoms with E-state index in [1.54, 1.807) is 4.90 Å². The monoisotopic (exact) mass is 449 g/mol. The number of nitrogens with zero attached hydrogens (tertiary/aromatic N) is 2. The first-order valence-electron chi connectivity index (χ1n) is 11.2. The molecule has 3 aliphatic rings. The Balaban J connectivity index is 1.27. The number of cyclic esters (lactones) is 1. The Bertz CT molecular complexity index is 1030. The molecule has 33 heavy (non-hydrogen) atoms. The fraction of sp³-hybridized carbons (Fsp3) is 0.360. The van der Waals surface area contributed by atoms with E-state index in [1.807, 2.05) is 54.6 Å². The number of rotatable bonds is 6. The molecule has 0 radical (unpaired) electrons. The van der Waals surface area contributed by atoms with Gasteiger partial charge in [-0.25, -0.2) is 4.79 Å². The van der Waals surface area contributed by atoms with E-state index >= 15 is 0 Å². The largest absolute Gasteiger partial charge is 0.462 e. The molecule has 3 aliphatic heterocycles. The molecule has 1 unspecified atom stereocenters. The summed E-state index contributed by atoms with van der Waals surface area (Å²) in [5.74, 6) is 0.388. The molecular formula is C25H27N3O5. The standard InChI is InChI=1S/C25H27N3O5/c29-24(26-14-18-6-2-1-3-7-18)23(22-16-31-17-33-22)27-12-10-20(11-13-27)28-21-9-5-4-8-19(21)15-32-25(28)30/h1-9,16,20,23H,10-15,17H2,(H,26,29). The van der Waals surface area contributed by atoms with Crippen molar-refractivity contribution in [1.29, 1.82) is 0 Å². The topological polar surface area (TPSA) is 80.3 Å². The van der Waals surface area contributed by atoms with Crippen molar-refractivity contribution >= 4 is 17.7 Å². The molecule has 2 aromatic rings. The van der Waals surface area contributed by atoms with Gasteiger partial charge in [-0.15, -0.1) is 0 Å². The van der Waals surface area contributed by atoms with Gasteiger partial charge in [-0.2, -0.15) is 0 Å². The summed E-state index contributed by atoms with van der Waals surface area (Å²) >= 11 is 0. The van der Waals surface area contributed by atoms with Crippen LogP contribution in [0.2, 0.25) is 0 Å². The van der Waals surface area contributed by atoms with Gasteiger partial charge in [0.1, 0.15) is 12.9 Å². The second kappa shape index (κ2) is 9.54. The lowest BCUT2D eigenvalue weighted by molar-refractivity contribution is -0.127. The maximum atomic E-state index is 13.2. The van der Waals surface area contributed by atoms with Crippen molar-refractivity contribution in [2.75, 3.05) is 24.8 Å². The number of fused-ring (bicyclic) bond motifs is 1. The van der Waals surface area contributed by atoms with Crippen molar-refractivity contribution < 1.29 is 23.8 Å². The van der Waals surface area contributed by atoms with Gasteiger partial charge in [0.2, 0.25) is 12.7 Å². The Kier molecular flexibility index (Phi) is 6.17. The predicted octanol–water partition coefficient (Wildman–Crippen LogP) is 3.14. The van der Waals surface area contributed by atoms with Gasteiger partial charge in [-0.1, -0.05) is 48.5 Å². The number of carbonyl (C=O) groups excluding carboxylic acids is 2. The summed E-state index contributed by atoms with van der Waals surface area (Å²) in [7, 11) is 0. The Morgan fingerprint density at radius 3 is 2.55 bits per heavy atom. The number of amides is 2. The molecule has 172 valence electrons. The summed E-state index contributed by atoms with van der Waals surface area (Å²) in [6.07, 6.45) is 2.66. The summed E-state index contributed by atoms with van der Waals surface area (Å²) in [5, 5.41) is 3.03. The molecule has 2 aromatic carbocycles. The van der Waals surface area contributed by atoms with Crippen LogP contribution in [-0.4, -0.2) is 48.9 Å². The summed E-state index contributed by atoms with van der Waals surface area (Å²) in [5.41, 5.74) is 2.96. The minimum atomic E-state index is -0.572. The molecule has 0 saturated carbocycles. The fourth-order valence-electron chi connectivity index (χ4n) is 4.68. The van der Waals surface area contributed by atoms with Crippen LogP contribution in [0.5, 0.6) is 0 Å². The van der Waals surface area contributed by atoms with Gasteiger partial charge in [-0.05, 0) is 24.5 Å². The quantitative estimate of drug-likeness (QED) is 0.730. The Morgan fingerprint density at radius 2 is 1.79 bits per heavy atom. The number of benzene rings is 2. The van der Waals surface area contributed by atoms with Gasteiger partial charge in [-0.3, -0.25) is 14.6 Å². The third-order valence-corrected chi connectivity index (χ3v) is 6.35. The first-order valence-corrected chi connectivity index (χ1v) is 11.2. The summed E-state index contributed by atoms with van der Waals surface area (Å²) in [6, 6.07) is 17.1. The highest BCUT2D eigenvalue weighted by Gasteiger charge is 2.39. The Labute approximate surface area is 192 Å². The molecule has 1 atom stereocenters. The Morgan fingerprint density at radius 1 is 1.03 bits per heavy atom. The molecule has 5 rings (SSSR count). The number of nitrogens with one attached hydrogen (secondary N) is 1. The SMILES string of the molecule is O=C(NCc1ccccc1)C(C1=COCO1)N1CCC(N2C(=O)OCc3ccccc32)CC1. The Hall–Kier alpha value is -3.52. The first kappa shape index (κ1) is 21.3. The average Bonchev–Trinajstić information content (AvgIpc) is 3.38. The van der Waals surface area contributed by atoms with E-state index in [1.165, 1.54) is 6.26 Å². The minimum absolute atomic E-state index is 0.0120. The van der Waals surface area contributed by atoms with E-state index in [9.17, 15) is 9.59 Å². The van der Waals surface area contributed by atoms with Crippen LogP contribution in [0.15, 0.2) is 66.6 Å². The second-order valence-corrected chi connectivity index (χ2v) is 8.38. The smallest absolute Gasteiger partial charge is 0.414 e. The van der Waals surface area contributed by atoms with Crippen molar-refractivity contribution in [3.8, 4) is 0 Å². The highest BCUT2D eigenvalue weighted by atomic mass is 16.7. The second-order valence-electron chi connectivity index (χ2n) is 8.38. The predicted molar refractivity (Wildman–Crippen MR) is 121 cm³/mol. The first-order chi connectivity index (χ1) is 16.2. The van der Waals surface area contributed by atoms with Crippen molar-refractivity contribution in [1.82, 2.24) is 10.2 Å². The van der Waals surface area contributed by atoms with Crippen molar-refractivity contribution in [2.24, 2.45) is 0 Å². The van der Waals surface area contributed by atoms with Crippen molar-refractivity contribution in [3.63, 3.8) is 0 Å². The van der Waals surface area contributed by atoms with Crippen LogP contribution in [0.25, 0.3) is 0 Å². The number of hydrogen-bond donors (Lipinski definition) is 1. The van der Waals surface area contributed by atoms with Crippen molar-refractivity contribution in [2.45, 2.75) is 38.1 Å². The summed E-state index contributed by atoms with van der Waals surface area (Å²) < 4.78 is 16.3. The number of piperidine rings is 1.